The quantitative estimate of drug-likeness (QED) is 0.244. The molecule has 9 heteroatoms. The first kappa shape index (κ1) is 25.2. The van der Waals surface area contributed by atoms with Crippen LogP contribution in [-0.2, 0) is 9.84 Å². The van der Waals surface area contributed by atoms with E-state index in [-0.39, 0.29) is 24.0 Å². The number of ether oxygens (including phenoxy) is 1. The van der Waals surface area contributed by atoms with E-state index in [9.17, 15) is 8.42 Å². The second-order valence-electron chi connectivity index (χ2n) is 8.03. The first-order chi connectivity index (χ1) is 14.0. The lowest BCUT2D eigenvalue weighted by molar-refractivity contribution is 0.198. The second-order valence-corrected chi connectivity index (χ2v) is 10.0. The SMILES string of the molecule is CN=C(NCCOc1ccc(S(C)(=O)=O)cc1)N1CCC(CN2CCCCC2)C1.I. The van der Waals surface area contributed by atoms with Crippen molar-refractivity contribution in [1.82, 2.24) is 15.1 Å². The summed E-state index contributed by atoms with van der Waals surface area (Å²) in [6.45, 7) is 6.96. The number of hydrogen-bond donors (Lipinski definition) is 1. The smallest absolute Gasteiger partial charge is 0.193 e. The fraction of sp³-hybridized carbons (Fsp3) is 0.667. The molecule has 2 aliphatic rings. The lowest BCUT2D eigenvalue weighted by Crippen LogP contribution is -2.42. The second kappa shape index (κ2) is 12.1. The van der Waals surface area contributed by atoms with Gasteiger partial charge in [0.15, 0.2) is 15.8 Å². The van der Waals surface area contributed by atoms with Gasteiger partial charge in [-0.25, -0.2) is 8.42 Å². The first-order valence-electron chi connectivity index (χ1n) is 10.6. The average Bonchev–Trinajstić information content (AvgIpc) is 3.16. The molecular weight excluding hydrogens is 515 g/mol. The number of piperidine rings is 1. The number of nitrogens with one attached hydrogen (secondary N) is 1. The van der Waals surface area contributed by atoms with E-state index in [4.69, 9.17) is 4.74 Å². The maximum Gasteiger partial charge on any atom is 0.193 e. The molecule has 3 rings (SSSR count). The van der Waals surface area contributed by atoms with Crippen LogP contribution in [-0.4, -0.2) is 83.4 Å². The molecule has 2 saturated heterocycles. The number of likely N-dealkylation sites (tertiary alicyclic amines) is 2. The Morgan fingerprint density at radius 1 is 1.17 bits per heavy atom. The van der Waals surface area contributed by atoms with E-state index in [1.54, 1.807) is 24.3 Å². The van der Waals surface area contributed by atoms with Crippen molar-refractivity contribution in [3.05, 3.63) is 24.3 Å². The number of sulfone groups is 1. The Morgan fingerprint density at radius 3 is 2.50 bits per heavy atom. The minimum Gasteiger partial charge on any atom is -0.492 e. The van der Waals surface area contributed by atoms with Crippen molar-refractivity contribution in [3.63, 3.8) is 0 Å². The molecule has 2 aliphatic heterocycles. The third-order valence-electron chi connectivity index (χ3n) is 5.67. The molecule has 30 heavy (non-hydrogen) atoms. The van der Waals surface area contributed by atoms with Crippen LogP contribution in [0.15, 0.2) is 34.2 Å². The zero-order chi connectivity index (χ0) is 20.7. The summed E-state index contributed by atoms with van der Waals surface area (Å²) in [6, 6.07) is 6.53. The van der Waals surface area contributed by atoms with E-state index in [0.717, 1.165) is 25.0 Å². The number of rotatable bonds is 7. The molecule has 1 atom stereocenters. The van der Waals surface area contributed by atoms with E-state index in [1.807, 2.05) is 7.05 Å². The van der Waals surface area contributed by atoms with Crippen molar-refractivity contribution >= 4 is 39.8 Å². The Hall–Kier alpha value is -1.07. The minimum atomic E-state index is -3.18. The van der Waals surface area contributed by atoms with Gasteiger partial charge >= 0.3 is 0 Å². The van der Waals surface area contributed by atoms with Crippen LogP contribution in [0.1, 0.15) is 25.7 Å². The molecule has 0 aliphatic carbocycles. The summed E-state index contributed by atoms with van der Waals surface area (Å²) in [5, 5.41) is 3.38. The zero-order valence-corrected chi connectivity index (χ0v) is 21.2. The van der Waals surface area contributed by atoms with Crippen LogP contribution in [0.5, 0.6) is 5.75 Å². The van der Waals surface area contributed by atoms with E-state index in [0.29, 0.717) is 23.8 Å². The molecule has 0 spiro atoms. The van der Waals surface area contributed by atoms with Gasteiger partial charge in [-0.15, -0.1) is 24.0 Å². The van der Waals surface area contributed by atoms with Crippen LogP contribution in [0.4, 0.5) is 0 Å². The molecular formula is C21H35IN4O3S. The van der Waals surface area contributed by atoms with Crippen LogP contribution < -0.4 is 10.1 Å². The van der Waals surface area contributed by atoms with Gasteiger partial charge in [0.2, 0.25) is 0 Å². The highest BCUT2D eigenvalue weighted by Gasteiger charge is 2.26. The van der Waals surface area contributed by atoms with Gasteiger partial charge in [0, 0.05) is 32.9 Å². The van der Waals surface area contributed by atoms with Gasteiger partial charge in [-0.1, -0.05) is 6.42 Å². The van der Waals surface area contributed by atoms with E-state index >= 15 is 0 Å². The molecule has 1 unspecified atom stereocenters. The van der Waals surface area contributed by atoms with Crippen molar-refractivity contribution in [2.75, 3.05) is 59.2 Å². The van der Waals surface area contributed by atoms with Gasteiger partial charge < -0.3 is 19.9 Å². The van der Waals surface area contributed by atoms with Gasteiger partial charge in [-0.3, -0.25) is 4.99 Å². The molecule has 0 aromatic heterocycles. The summed E-state index contributed by atoms with van der Waals surface area (Å²) in [6.07, 6.45) is 6.50. The van der Waals surface area contributed by atoms with E-state index < -0.39 is 9.84 Å². The summed E-state index contributed by atoms with van der Waals surface area (Å²) in [5.74, 6) is 2.32. The molecule has 0 bridgehead atoms. The third-order valence-corrected chi connectivity index (χ3v) is 6.80. The molecule has 0 saturated carbocycles. The van der Waals surface area contributed by atoms with Crippen LogP contribution in [0.3, 0.4) is 0 Å². The molecule has 1 aromatic rings. The summed E-state index contributed by atoms with van der Waals surface area (Å²) in [7, 11) is -1.35. The molecule has 0 amide bonds. The third kappa shape index (κ3) is 7.56. The molecule has 2 heterocycles. The lowest BCUT2D eigenvalue weighted by Gasteiger charge is -2.29. The van der Waals surface area contributed by atoms with Crippen LogP contribution >= 0.6 is 24.0 Å². The largest absolute Gasteiger partial charge is 0.492 e. The van der Waals surface area contributed by atoms with Crippen molar-refractivity contribution in [2.24, 2.45) is 10.9 Å². The van der Waals surface area contributed by atoms with Gasteiger partial charge in [-0.05, 0) is 62.5 Å². The number of halogens is 1. The Balaban J connectivity index is 0.00000320. The zero-order valence-electron chi connectivity index (χ0n) is 18.0. The monoisotopic (exact) mass is 550 g/mol. The van der Waals surface area contributed by atoms with Crippen LogP contribution in [0.25, 0.3) is 0 Å². The maximum atomic E-state index is 11.5. The lowest BCUT2D eigenvalue weighted by atomic mass is 10.1. The molecule has 170 valence electrons. The number of benzene rings is 1. The maximum absolute atomic E-state index is 11.5. The highest BCUT2D eigenvalue weighted by molar-refractivity contribution is 14.0. The standard InChI is InChI=1S/C21H34N4O3S.HI/c1-22-21(25-14-10-18(17-25)16-24-12-4-3-5-13-24)23-11-15-28-19-6-8-20(9-7-19)29(2,26)27;/h6-9,18H,3-5,10-17H2,1-2H3,(H,22,23);1H. The topological polar surface area (TPSA) is 74.2 Å². The summed E-state index contributed by atoms with van der Waals surface area (Å²) in [5.41, 5.74) is 0. The number of guanidine groups is 1. The number of nitrogens with zero attached hydrogens (tertiary/aromatic N) is 3. The van der Waals surface area contributed by atoms with Crippen LogP contribution in [0, 0.1) is 5.92 Å². The Kier molecular flexibility index (Phi) is 10.2. The van der Waals surface area contributed by atoms with Gasteiger partial charge in [-0.2, -0.15) is 0 Å². The first-order valence-corrected chi connectivity index (χ1v) is 12.5. The summed E-state index contributed by atoms with van der Waals surface area (Å²) < 4.78 is 28.7. The molecule has 1 aromatic carbocycles. The van der Waals surface area contributed by atoms with Crippen LogP contribution in [0.2, 0.25) is 0 Å². The molecule has 2 fully saturated rings. The van der Waals surface area contributed by atoms with Crippen molar-refractivity contribution in [2.45, 2.75) is 30.6 Å². The summed E-state index contributed by atoms with van der Waals surface area (Å²) >= 11 is 0. The van der Waals surface area contributed by atoms with E-state index in [2.05, 4.69) is 20.1 Å². The highest BCUT2D eigenvalue weighted by Crippen LogP contribution is 2.20. The molecule has 1 N–H and O–H groups in total. The molecule has 0 radical (unpaired) electrons. The minimum absolute atomic E-state index is 0. The average molecular weight is 551 g/mol. The van der Waals surface area contributed by atoms with E-state index in [1.165, 1.54) is 51.6 Å². The predicted molar refractivity (Wildman–Crippen MR) is 132 cm³/mol. The van der Waals surface area contributed by atoms with Gasteiger partial charge in [0.1, 0.15) is 12.4 Å². The Morgan fingerprint density at radius 2 is 1.87 bits per heavy atom. The van der Waals surface area contributed by atoms with Crippen molar-refractivity contribution in [3.8, 4) is 5.75 Å². The molecule has 7 nitrogen and oxygen atoms in total. The highest BCUT2D eigenvalue weighted by atomic mass is 127. The Labute approximate surface area is 198 Å². The fourth-order valence-electron chi connectivity index (χ4n) is 4.13. The van der Waals surface area contributed by atoms with Crippen molar-refractivity contribution in [1.29, 1.82) is 0 Å². The predicted octanol–water partition coefficient (Wildman–Crippen LogP) is 2.47. The number of hydrogen-bond acceptors (Lipinski definition) is 5. The van der Waals surface area contributed by atoms with Gasteiger partial charge in [0.05, 0.1) is 11.4 Å². The fourth-order valence-corrected chi connectivity index (χ4v) is 4.76. The number of aliphatic imine (C=N–C) groups is 1. The normalized spacial score (nSPS) is 20.7. The van der Waals surface area contributed by atoms with Gasteiger partial charge in [0.25, 0.3) is 0 Å². The van der Waals surface area contributed by atoms with Crippen molar-refractivity contribution < 1.29 is 13.2 Å². The Bertz CT molecular complexity index is 780. The summed E-state index contributed by atoms with van der Waals surface area (Å²) in [4.78, 5) is 9.70.